The van der Waals surface area contributed by atoms with Gasteiger partial charge in [-0.2, -0.15) is 0 Å². The second kappa shape index (κ2) is 6.70. The fraction of sp³-hybridized carbons (Fsp3) is 0.312. The van der Waals surface area contributed by atoms with Crippen molar-refractivity contribution in [3.05, 3.63) is 40.9 Å². The van der Waals surface area contributed by atoms with Crippen molar-refractivity contribution in [2.45, 2.75) is 20.0 Å². The van der Waals surface area contributed by atoms with Gasteiger partial charge in [-0.3, -0.25) is 4.79 Å². The van der Waals surface area contributed by atoms with Crippen molar-refractivity contribution in [3.63, 3.8) is 0 Å². The number of hydrogen-bond acceptors (Lipinski definition) is 5. The average molecular weight is 318 g/mol. The Labute approximate surface area is 133 Å². The van der Waals surface area contributed by atoms with E-state index in [2.05, 4.69) is 4.98 Å². The molecule has 1 atom stereocenters. The summed E-state index contributed by atoms with van der Waals surface area (Å²) in [6.45, 7) is 3.33. The molecule has 0 saturated carbocycles. The summed E-state index contributed by atoms with van der Waals surface area (Å²) in [5.74, 6) is -0.765. The van der Waals surface area contributed by atoms with Crippen molar-refractivity contribution in [3.8, 4) is 10.6 Å². The van der Waals surface area contributed by atoms with Crippen LogP contribution in [0.5, 0.6) is 0 Å². The predicted octanol–water partition coefficient (Wildman–Crippen LogP) is 2.75. The number of hydrogen-bond donors (Lipinski definition) is 0. The minimum Gasteiger partial charge on any atom is -0.448 e. The third kappa shape index (κ3) is 3.51. The molecule has 0 aliphatic rings. The number of esters is 1. The fourth-order valence-corrected chi connectivity index (χ4v) is 2.87. The maximum atomic E-state index is 12.2. The van der Waals surface area contributed by atoms with E-state index in [-0.39, 0.29) is 5.91 Å². The predicted molar refractivity (Wildman–Crippen MR) is 85.9 cm³/mol. The van der Waals surface area contributed by atoms with Crippen LogP contribution >= 0.6 is 11.3 Å². The van der Waals surface area contributed by atoms with Gasteiger partial charge >= 0.3 is 5.97 Å². The van der Waals surface area contributed by atoms with Crippen molar-refractivity contribution in [2.24, 2.45) is 0 Å². The molecule has 1 amide bonds. The van der Waals surface area contributed by atoms with E-state index in [1.54, 1.807) is 27.9 Å². The Balaban J connectivity index is 2.18. The van der Waals surface area contributed by atoms with Crippen LogP contribution in [0.25, 0.3) is 10.6 Å². The average Bonchev–Trinajstić information content (AvgIpc) is 2.89. The second-order valence-electron chi connectivity index (χ2n) is 5.08. The van der Waals surface area contributed by atoms with Crippen LogP contribution in [0, 0.1) is 6.92 Å². The first kappa shape index (κ1) is 16.2. The Morgan fingerprint density at radius 3 is 2.45 bits per heavy atom. The lowest BCUT2D eigenvalue weighted by Gasteiger charge is -2.16. The van der Waals surface area contributed by atoms with Crippen LogP contribution in [0.3, 0.4) is 0 Å². The molecule has 0 spiro atoms. The van der Waals surface area contributed by atoms with Gasteiger partial charge in [0.2, 0.25) is 0 Å². The molecule has 0 N–H and O–H groups in total. The Morgan fingerprint density at radius 1 is 1.23 bits per heavy atom. The van der Waals surface area contributed by atoms with E-state index in [4.69, 9.17) is 4.74 Å². The number of ether oxygens (including phenoxy) is 1. The number of likely N-dealkylation sites (N-methyl/N-ethyl adjacent to an activating group) is 1. The van der Waals surface area contributed by atoms with Crippen molar-refractivity contribution < 1.29 is 14.3 Å². The van der Waals surface area contributed by atoms with Crippen LogP contribution in [0.4, 0.5) is 0 Å². The molecule has 0 fully saturated rings. The van der Waals surface area contributed by atoms with Gasteiger partial charge in [-0.1, -0.05) is 30.3 Å². The molecule has 0 unspecified atom stereocenters. The van der Waals surface area contributed by atoms with E-state index in [0.29, 0.717) is 10.6 Å². The van der Waals surface area contributed by atoms with Gasteiger partial charge in [-0.05, 0) is 13.8 Å². The van der Waals surface area contributed by atoms with Gasteiger partial charge in [0.05, 0.1) is 5.69 Å². The van der Waals surface area contributed by atoms with Gasteiger partial charge < -0.3 is 9.64 Å². The molecule has 0 radical (unpaired) electrons. The van der Waals surface area contributed by atoms with Gasteiger partial charge in [0, 0.05) is 19.7 Å². The number of amides is 1. The highest BCUT2D eigenvalue weighted by Crippen LogP contribution is 2.28. The molecule has 6 heteroatoms. The first-order chi connectivity index (χ1) is 10.4. The fourth-order valence-electron chi connectivity index (χ4n) is 1.92. The zero-order chi connectivity index (χ0) is 16.3. The monoisotopic (exact) mass is 318 g/mol. The lowest BCUT2D eigenvalue weighted by atomic mass is 10.2. The highest BCUT2D eigenvalue weighted by atomic mass is 32.1. The van der Waals surface area contributed by atoms with Crippen molar-refractivity contribution in [1.29, 1.82) is 0 Å². The molecular formula is C16H18N2O3S. The zero-order valence-electron chi connectivity index (χ0n) is 13.0. The molecule has 1 aromatic carbocycles. The van der Waals surface area contributed by atoms with Crippen LogP contribution < -0.4 is 0 Å². The lowest BCUT2D eigenvalue weighted by Crippen LogP contribution is -2.34. The van der Waals surface area contributed by atoms with E-state index < -0.39 is 12.1 Å². The molecule has 0 bridgehead atoms. The molecule has 116 valence electrons. The number of aromatic nitrogens is 1. The molecular weight excluding hydrogens is 300 g/mol. The molecule has 2 aromatic rings. The third-order valence-electron chi connectivity index (χ3n) is 3.08. The first-order valence-electron chi connectivity index (χ1n) is 6.85. The maximum Gasteiger partial charge on any atom is 0.351 e. The molecule has 0 aliphatic heterocycles. The number of rotatable bonds is 4. The Bertz CT molecular complexity index is 680. The highest BCUT2D eigenvalue weighted by molar-refractivity contribution is 7.17. The summed E-state index contributed by atoms with van der Waals surface area (Å²) >= 11 is 1.27. The van der Waals surface area contributed by atoms with E-state index in [1.807, 2.05) is 30.3 Å². The van der Waals surface area contributed by atoms with Crippen LogP contribution in [0.2, 0.25) is 0 Å². The quantitative estimate of drug-likeness (QED) is 0.813. The van der Waals surface area contributed by atoms with Gasteiger partial charge in [0.15, 0.2) is 6.10 Å². The highest BCUT2D eigenvalue weighted by Gasteiger charge is 2.23. The molecule has 1 aromatic heterocycles. The van der Waals surface area contributed by atoms with Gasteiger partial charge in [-0.25, -0.2) is 9.78 Å². The number of aryl methyl sites for hydroxylation is 1. The Morgan fingerprint density at radius 2 is 1.86 bits per heavy atom. The van der Waals surface area contributed by atoms with E-state index in [9.17, 15) is 9.59 Å². The summed E-state index contributed by atoms with van der Waals surface area (Å²) in [7, 11) is 3.25. The smallest absolute Gasteiger partial charge is 0.351 e. The van der Waals surface area contributed by atoms with E-state index in [1.165, 1.54) is 16.2 Å². The molecule has 1 heterocycles. The summed E-state index contributed by atoms with van der Waals surface area (Å²) in [6, 6.07) is 9.63. The number of nitrogens with zero attached hydrogens (tertiary/aromatic N) is 2. The Kier molecular flexibility index (Phi) is 4.92. The van der Waals surface area contributed by atoms with Crippen molar-refractivity contribution in [1.82, 2.24) is 9.88 Å². The topological polar surface area (TPSA) is 59.5 Å². The van der Waals surface area contributed by atoms with E-state index >= 15 is 0 Å². The minimum atomic E-state index is -0.816. The van der Waals surface area contributed by atoms with Crippen LogP contribution in [0.1, 0.15) is 22.3 Å². The minimum absolute atomic E-state index is 0.251. The van der Waals surface area contributed by atoms with Crippen LogP contribution in [-0.2, 0) is 9.53 Å². The molecule has 22 heavy (non-hydrogen) atoms. The summed E-state index contributed by atoms with van der Waals surface area (Å²) in [5.41, 5.74) is 1.56. The largest absolute Gasteiger partial charge is 0.448 e. The zero-order valence-corrected chi connectivity index (χ0v) is 13.8. The normalized spacial score (nSPS) is 11.8. The summed E-state index contributed by atoms with van der Waals surface area (Å²) in [5, 5.41) is 0.761. The van der Waals surface area contributed by atoms with Crippen LogP contribution in [0.15, 0.2) is 30.3 Å². The number of carbonyl (C=O) groups excluding carboxylic acids is 2. The SMILES string of the molecule is Cc1nc(-c2ccccc2)sc1C(=O)O[C@@H](C)C(=O)N(C)C. The van der Waals surface area contributed by atoms with Crippen molar-refractivity contribution in [2.75, 3.05) is 14.1 Å². The standard InChI is InChI=1S/C16H18N2O3S/c1-10-13(16(20)21-11(2)15(19)18(3)4)22-14(17-10)12-8-6-5-7-9-12/h5-9,11H,1-4H3/t11-/m0/s1. The summed E-state index contributed by atoms with van der Waals surface area (Å²) < 4.78 is 5.23. The molecule has 2 rings (SSSR count). The van der Waals surface area contributed by atoms with Crippen LogP contribution in [-0.4, -0.2) is 42.0 Å². The second-order valence-corrected chi connectivity index (χ2v) is 6.08. The molecule has 0 saturated heterocycles. The molecule has 5 nitrogen and oxygen atoms in total. The number of benzene rings is 1. The lowest BCUT2D eigenvalue weighted by molar-refractivity contribution is -0.137. The van der Waals surface area contributed by atoms with Gasteiger partial charge in [0.25, 0.3) is 5.91 Å². The third-order valence-corrected chi connectivity index (χ3v) is 4.26. The maximum absolute atomic E-state index is 12.2. The van der Waals surface area contributed by atoms with Gasteiger partial charge in [0.1, 0.15) is 9.88 Å². The summed E-state index contributed by atoms with van der Waals surface area (Å²) in [6.07, 6.45) is -0.816. The van der Waals surface area contributed by atoms with Gasteiger partial charge in [-0.15, -0.1) is 11.3 Å². The molecule has 0 aliphatic carbocycles. The summed E-state index contributed by atoms with van der Waals surface area (Å²) in [4.78, 5) is 30.2. The first-order valence-corrected chi connectivity index (χ1v) is 7.66. The number of thiazole rings is 1. The van der Waals surface area contributed by atoms with Crippen molar-refractivity contribution >= 4 is 23.2 Å². The Hall–Kier alpha value is -2.21. The van der Waals surface area contributed by atoms with E-state index in [0.717, 1.165) is 10.6 Å². The number of carbonyl (C=O) groups is 2.